The lowest BCUT2D eigenvalue weighted by molar-refractivity contribution is -0.121. The first-order valence-electron chi connectivity index (χ1n) is 11.5. The van der Waals surface area contributed by atoms with Gasteiger partial charge in [0.15, 0.2) is 11.5 Å². The van der Waals surface area contributed by atoms with Crippen LogP contribution in [0.15, 0.2) is 61.1 Å². The van der Waals surface area contributed by atoms with Crippen LogP contribution in [0.4, 0.5) is 17.2 Å². The molecule has 6 rings (SSSR count). The minimum atomic E-state index is -0.603. The number of hydrogen-bond acceptors (Lipinski definition) is 6. The Labute approximate surface area is 198 Å². The topological polar surface area (TPSA) is 82.8 Å². The Balaban J connectivity index is 1.32. The smallest absolute Gasteiger partial charge is 0.180 e. The minimum absolute atomic E-state index is 0.255. The van der Waals surface area contributed by atoms with Crippen LogP contribution < -0.4 is 10.2 Å². The summed E-state index contributed by atoms with van der Waals surface area (Å²) < 4.78 is 1.96. The van der Waals surface area contributed by atoms with Crippen molar-refractivity contribution < 1.29 is 9.90 Å². The maximum atomic E-state index is 12.5. The Hall–Kier alpha value is -3.71. The molecule has 0 atom stereocenters. The number of aliphatic hydroxyl groups is 1. The van der Waals surface area contributed by atoms with Crippen LogP contribution in [0.25, 0.3) is 16.9 Å². The largest absolute Gasteiger partial charge is 0.386 e. The van der Waals surface area contributed by atoms with Crippen LogP contribution in [0, 0.1) is 0 Å². The molecule has 2 aromatic carbocycles. The molecule has 2 aromatic heterocycles. The minimum Gasteiger partial charge on any atom is -0.386 e. The monoisotopic (exact) mass is 453 g/mol. The average molecular weight is 454 g/mol. The number of nitrogens with zero attached hydrogens (tertiary/aromatic N) is 4. The number of carbonyl (C=O) groups is 1. The van der Waals surface area contributed by atoms with Gasteiger partial charge in [-0.1, -0.05) is 12.1 Å². The lowest BCUT2D eigenvalue weighted by Gasteiger charge is -2.45. The van der Waals surface area contributed by atoms with E-state index in [0.29, 0.717) is 25.3 Å². The van der Waals surface area contributed by atoms with Crippen LogP contribution in [0.3, 0.4) is 0 Å². The number of carbonyl (C=O) groups excluding carboxylic acids is 1. The Bertz CT molecular complexity index is 1430. The van der Waals surface area contributed by atoms with Crippen molar-refractivity contribution in [1.82, 2.24) is 14.4 Å². The Morgan fingerprint density at radius 3 is 2.56 bits per heavy atom. The number of benzene rings is 2. The van der Waals surface area contributed by atoms with E-state index < -0.39 is 11.0 Å². The molecular formula is C27H27N5O2. The van der Waals surface area contributed by atoms with Gasteiger partial charge in [0, 0.05) is 60.5 Å². The van der Waals surface area contributed by atoms with Crippen LogP contribution in [0.1, 0.15) is 31.9 Å². The SMILES string of the molecule is CC1(O)CN(c2ccc(Nc3nc(-c4ccc5c(c4)CC(=O)C5(C)C)cn4ccnc34)cc2)C1. The molecule has 3 heterocycles. The van der Waals surface area contributed by atoms with Crippen LogP contribution >= 0.6 is 0 Å². The fourth-order valence-corrected chi connectivity index (χ4v) is 5.06. The molecule has 7 heteroatoms. The lowest BCUT2D eigenvalue weighted by atomic mass is 9.85. The van der Waals surface area contributed by atoms with E-state index in [1.54, 1.807) is 6.20 Å². The molecule has 0 unspecified atom stereocenters. The van der Waals surface area contributed by atoms with Crippen molar-refractivity contribution in [2.75, 3.05) is 23.3 Å². The average Bonchev–Trinajstić information content (AvgIpc) is 3.35. The van der Waals surface area contributed by atoms with E-state index in [0.717, 1.165) is 39.4 Å². The number of Topliss-reactive ketones (excluding diaryl/α,β-unsaturated/α-hetero) is 1. The van der Waals surface area contributed by atoms with Gasteiger partial charge in [0.05, 0.1) is 11.3 Å². The van der Waals surface area contributed by atoms with Crippen molar-refractivity contribution in [3.63, 3.8) is 0 Å². The summed E-state index contributed by atoms with van der Waals surface area (Å²) in [6.45, 7) is 7.12. The summed E-state index contributed by atoms with van der Waals surface area (Å²) >= 11 is 0. The van der Waals surface area contributed by atoms with Gasteiger partial charge >= 0.3 is 0 Å². The summed E-state index contributed by atoms with van der Waals surface area (Å²) in [4.78, 5) is 24.0. The number of imidazole rings is 1. The van der Waals surface area contributed by atoms with Gasteiger partial charge in [-0.05, 0) is 62.2 Å². The van der Waals surface area contributed by atoms with E-state index in [1.807, 2.05) is 67.9 Å². The maximum absolute atomic E-state index is 12.5. The molecule has 0 radical (unpaired) electrons. The molecule has 0 amide bonds. The summed E-state index contributed by atoms with van der Waals surface area (Å²) in [5, 5.41) is 13.4. The number of aromatic nitrogens is 3. The second kappa shape index (κ2) is 7.14. The molecule has 1 saturated heterocycles. The number of ketones is 1. The van der Waals surface area contributed by atoms with Gasteiger partial charge in [-0.2, -0.15) is 0 Å². The van der Waals surface area contributed by atoms with E-state index >= 15 is 0 Å². The van der Waals surface area contributed by atoms with Crippen molar-refractivity contribution >= 4 is 28.6 Å². The molecule has 0 bridgehead atoms. The van der Waals surface area contributed by atoms with Gasteiger partial charge in [-0.15, -0.1) is 0 Å². The summed E-state index contributed by atoms with van der Waals surface area (Å²) in [7, 11) is 0. The normalized spacial score (nSPS) is 18.1. The van der Waals surface area contributed by atoms with Crippen molar-refractivity contribution in [2.24, 2.45) is 0 Å². The van der Waals surface area contributed by atoms with Crippen LogP contribution in [-0.2, 0) is 16.6 Å². The second-order valence-corrected chi connectivity index (χ2v) is 10.3. The summed E-state index contributed by atoms with van der Waals surface area (Å²) in [6.07, 6.45) is 6.10. The van der Waals surface area contributed by atoms with Gasteiger partial charge in [0.2, 0.25) is 0 Å². The first-order chi connectivity index (χ1) is 16.2. The second-order valence-electron chi connectivity index (χ2n) is 10.3. The zero-order valence-corrected chi connectivity index (χ0v) is 19.5. The van der Waals surface area contributed by atoms with Crippen molar-refractivity contribution in [3.05, 3.63) is 72.2 Å². The quantitative estimate of drug-likeness (QED) is 0.484. The predicted octanol–water partition coefficient (Wildman–Crippen LogP) is 4.11. The fourth-order valence-electron chi connectivity index (χ4n) is 5.06. The highest BCUT2D eigenvalue weighted by atomic mass is 16.3. The van der Waals surface area contributed by atoms with Gasteiger partial charge in [-0.25, -0.2) is 9.97 Å². The molecule has 7 nitrogen and oxygen atoms in total. The van der Waals surface area contributed by atoms with E-state index in [-0.39, 0.29) is 5.78 Å². The third kappa shape index (κ3) is 3.35. The molecule has 1 aliphatic heterocycles. The molecule has 2 N–H and O–H groups in total. The van der Waals surface area contributed by atoms with E-state index in [2.05, 4.69) is 27.3 Å². The number of hydrogen-bond donors (Lipinski definition) is 2. The van der Waals surface area contributed by atoms with E-state index in [4.69, 9.17) is 4.98 Å². The zero-order chi connectivity index (χ0) is 23.7. The number of rotatable bonds is 4. The van der Waals surface area contributed by atoms with Crippen LogP contribution in [0.5, 0.6) is 0 Å². The number of anilines is 3. The molecule has 1 fully saturated rings. The van der Waals surface area contributed by atoms with Crippen molar-refractivity contribution in [1.29, 1.82) is 0 Å². The highest BCUT2D eigenvalue weighted by Crippen LogP contribution is 2.38. The Kier molecular flexibility index (Phi) is 4.38. The summed E-state index contributed by atoms with van der Waals surface area (Å²) in [5.74, 6) is 0.921. The number of fused-ring (bicyclic) bond motifs is 2. The van der Waals surface area contributed by atoms with Crippen molar-refractivity contribution in [3.8, 4) is 11.3 Å². The summed E-state index contributed by atoms with van der Waals surface area (Å²) in [5.41, 5.74) is 5.67. The maximum Gasteiger partial charge on any atom is 0.180 e. The van der Waals surface area contributed by atoms with Gasteiger partial charge < -0.3 is 19.7 Å². The van der Waals surface area contributed by atoms with Crippen LogP contribution in [0.2, 0.25) is 0 Å². The van der Waals surface area contributed by atoms with Crippen LogP contribution in [-0.4, -0.2) is 43.9 Å². The number of β-amino-alcohol motifs (C(OH)–C–C–N with tert-alkyl or cyclic N) is 1. The van der Waals surface area contributed by atoms with Gasteiger partial charge in [-0.3, -0.25) is 4.79 Å². The highest BCUT2D eigenvalue weighted by molar-refractivity contribution is 5.96. The first-order valence-corrected chi connectivity index (χ1v) is 11.5. The molecule has 2 aliphatic rings. The lowest BCUT2D eigenvalue weighted by Crippen LogP contribution is -2.60. The van der Waals surface area contributed by atoms with E-state index in [9.17, 15) is 9.90 Å². The fraction of sp³-hybridized carbons (Fsp3) is 0.296. The molecule has 1 aliphatic carbocycles. The zero-order valence-electron chi connectivity index (χ0n) is 19.5. The number of nitrogens with one attached hydrogen (secondary N) is 1. The molecule has 34 heavy (non-hydrogen) atoms. The first kappa shape index (κ1) is 20.9. The molecule has 4 aromatic rings. The predicted molar refractivity (Wildman–Crippen MR) is 133 cm³/mol. The van der Waals surface area contributed by atoms with E-state index in [1.165, 1.54) is 0 Å². The Morgan fingerprint density at radius 2 is 1.82 bits per heavy atom. The third-order valence-electron chi connectivity index (χ3n) is 7.05. The standard InChI is InChI=1S/C27H27N5O2/c1-26(2)21-9-4-17(12-18(21)13-23(26)33)22-14-31-11-10-28-25(31)24(30-22)29-19-5-7-20(8-6-19)32-15-27(3,34)16-32/h4-12,14,34H,13,15-16H2,1-3H3,(H,29,30). The molecule has 0 spiro atoms. The Morgan fingerprint density at radius 1 is 1.06 bits per heavy atom. The molecule has 172 valence electrons. The summed E-state index contributed by atoms with van der Waals surface area (Å²) in [6, 6.07) is 14.3. The third-order valence-corrected chi connectivity index (χ3v) is 7.05. The van der Waals surface area contributed by atoms with Crippen molar-refractivity contribution in [2.45, 2.75) is 38.2 Å². The molecular weight excluding hydrogens is 426 g/mol. The van der Waals surface area contributed by atoms with Gasteiger partial charge in [0.25, 0.3) is 0 Å². The molecule has 0 saturated carbocycles. The van der Waals surface area contributed by atoms with Gasteiger partial charge in [0.1, 0.15) is 5.78 Å². The highest BCUT2D eigenvalue weighted by Gasteiger charge is 2.38.